The lowest BCUT2D eigenvalue weighted by molar-refractivity contribution is 0.0666. The number of nitrogens with zero attached hydrogens (tertiary/aromatic N) is 1. The molecule has 2 aromatic carbocycles. The molecule has 5 heteroatoms. The molecular formula is C22H23NO4. The van der Waals surface area contributed by atoms with Gasteiger partial charge in [-0.3, -0.25) is 4.79 Å². The molecule has 3 aromatic rings. The first-order chi connectivity index (χ1) is 13.3. The predicted molar refractivity (Wildman–Crippen MR) is 103 cm³/mol. The van der Waals surface area contributed by atoms with E-state index in [0.717, 1.165) is 17.1 Å². The number of carbonyl (C=O) groups excluding carboxylic acids is 1. The van der Waals surface area contributed by atoms with Crippen LogP contribution in [0.5, 0.6) is 5.75 Å². The van der Waals surface area contributed by atoms with Crippen LogP contribution in [-0.4, -0.2) is 31.1 Å². The summed E-state index contributed by atoms with van der Waals surface area (Å²) in [5, 5.41) is 0. The van der Waals surface area contributed by atoms with Crippen LogP contribution >= 0.6 is 0 Å². The third-order valence-corrected chi connectivity index (χ3v) is 4.13. The summed E-state index contributed by atoms with van der Waals surface area (Å²) in [7, 11) is 1.62. The average molecular weight is 365 g/mol. The Balaban J connectivity index is 1.63. The number of hydrogen-bond donors (Lipinski definition) is 0. The van der Waals surface area contributed by atoms with Crippen molar-refractivity contribution < 1.29 is 18.7 Å². The van der Waals surface area contributed by atoms with Crippen molar-refractivity contribution in [1.29, 1.82) is 0 Å². The second-order valence-electron chi connectivity index (χ2n) is 6.10. The number of ether oxygens (including phenoxy) is 2. The summed E-state index contributed by atoms with van der Waals surface area (Å²) in [6.45, 7) is 1.85. The molecule has 0 spiro atoms. The number of amides is 1. The van der Waals surface area contributed by atoms with Crippen molar-refractivity contribution in [3.63, 3.8) is 0 Å². The topological polar surface area (TPSA) is 51.9 Å². The van der Waals surface area contributed by atoms with Crippen molar-refractivity contribution in [2.45, 2.75) is 13.2 Å². The first kappa shape index (κ1) is 18.7. The van der Waals surface area contributed by atoms with Gasteiger partial charge in [0.2, 0.25) is 0 Å². The van der Waals surface area contributed by atoms with Gasteiger partial charge in [0.15, 0.2) is 0 Å². The molecule has 1 heterocycles. The summed E-state index contributed by atoms with van der Waals surface area (Å²) < 4.78 is 16.3. The molecule has 0 fully saturated rings. The van der Waals surface area contributed by atoms with E-state index in [1.54, 1.807) is 30.4 Å². The molecule has 3 rings (SSSR count). The zero-order valence-corrected chi connectivity index (χ0v) is 15.3. The van der Waals surface area contributed by atoms with E-state index >= 15 is 0 Å². The summed E-state index contributed by atoms with van der Waals surface area (Å²) in [4.78, 5) is 14.6. The van der Waals surface area contributed by atoms with Gasteiger partial charge in [0.05, 0.1) is 19.4 Å². The van der Waals surface area contributed by atoms with Gasteiger partial charge in [-0.25, -0.2) is 0 Å². The number of hydrogen-bond acceptors (Lipinski definition) is 4. The number of furan rings is 1. The number of methoxy groups -OCH3 is 1. The van der Waals surface area contributed by atoms with Crippen LogP contribution in [0.15, 0.2) is 77.4 Å². The fourth-order valence-electron chi connectivity index (χ4n) is 2.66. The van der Waals surface area contributed by atoms with Crippen molar-refractivity contribution in [1.82, 2.24) is 4.90 Å². The zero-order valence-electron chi connectivity index (χ0n) is 15.3. The third kappa shape index (κ3) is 5.46. The highest BCUT2D eigenvalue weighted by Gasteiger charge is 2.17. The number of carbonyl (C=O) groups is 1. The van der Waals surface area contributed by atoms with Gasteiger partial charge in [-0.05, 0) is 42.0 Å². The molecule has 1 amide bonds. The monoisotopic (exact) mass is 365 g/mol. The minimum absolute atomic E-state index is 0.0712. The van der Waals surface area contributed by atoms with Gasteiger partial charge in [0.1, 0.15) is 18.1 Å². The molecule has 0 bridgehead atoms. The second-order valence-corrected chi connectivity index (χ2v) is 6.10. The highest BCUT2D eigenvalue weighted by molar-refractivity contribution is 5.94. The SMILES string of the molecule is COCCN(Cc1ccco1)C(=O)c1ccc(OCc2ccccc2)cc1. The maximum atomic E-state index is 12.9. The van der Waals surface area contributed by atoms with Crippen LogP contribution in [0.25, 0.3) is 0 Å². The maximum Gasteiger partial charge on any atom is 0.254 e. The molecule has 140 valence electrons. The Labute approximate surface area is 159 Å². The number of benzene rings is 2. The Bertz CT molecular complexity index is 813. The minimum atomic E-state index is -0.0712. The van der Waals surface area contributed by atoms with Gasteiger partial charge in [0.25, 0.3) is 5.91 Å². The summed E-state index contributed by atoms with van der Waals surface area (Å²) in [6.07, 6.45) is 1.60. The van der Waals surface area contributed by atoms with Gasteiger partial charge in [-0.2, -0.15) is 0 Å². The Morgan fingerprint density at radius 2 is 1.78 bits per heavy atom. The molecule has 1 aromatic heterocycles. The van der Waals surface area contributed by atoms with E-state index in [0.29, 0.717) is 31.9 Å². The van der Waals surface area contributed by atoms with Crippen molar-refractivity contribution in [2.24, 2.45) is 0 Å². The number of rotatable bonds is 9. The summed E-state index contributed by atoms with van der Waals surface area (Å²) in [5.74, 6) is 1.39. The molecular weight excluding hydrogens is 342 g/mol. The van der Waals surface area contributed by atoms with E-state index in [4.69, 9.17) is 13.9 Å². The van der Waals surface area contributed by atoms with Crippen LogP contribution in [0.3, 0.4) is 0 Å². The maximum absolute atomic E-state index is 12.9. The van der Waals surface area contributed by atoms with Crippen molar-refractivity contribution in [3.8, 4) is 5.75 Å². The van der Waals surface area contributed by atoms with Crippen LogP contribution < -0.4 is 4.74 Å². The Kier molecular flexibility index (Phi) is 6.66. The standard InChI is InChI=1S/C22H23NO4/c1-25-15-13-23(16-21-8-5-14-26-21)22(24)19-9-11-20(12-10-19)27-17-18-6-3-2-4-7-18/h2-12,14H,13,15-17H2,1H3. The Morgan fingerprint density at radius 1 is 1.00 bits per heavy atom. The van der Waals surface area contributed by atoms with E-state index in [-0.39, 0.29) is 5.91 Å². The third-order valence-electron chi connectivity index (χ3n) is 4.13. The van der Waals surface area contributed by atoms with Crippen LogP contribution in [0.2, 0.25) is 0 Å². The predicted octanol–water partition coefficient (Wildman–Crippen LogP) is 4.15. The van der Waals surface area contributed by atoms with Gasteiger partial charge in [-0.1, -0.05) is 30.3 Å². The van der Waals surface area contributed by atoms with Gasteiger partial charge >= 0.3 is 0 Å². The van der Waals surface area contributed by atoms with Gasteiger partial charge in [0, 0.05) is 19.2 Å². The highest BCUT2D eigenvalue weighted by atomic mass is 16.5. The molecule has 0 aliphatic carbocycles. The first-order valence-corrected chi connectivity index (χ1v) is 8.83. The van der Waals surface area contributed by atoms with Crippen molar-refractivity contribution >= 4 is 5.91 Å². The normalized spacial score (nSPS) is 10.6. The van der Waals surface area contributed by atoms with Crippen LogP contribution in [-0.2, 0) is 17.9 Å². The lowest BCUT2D eigenvalue weighted by Crippen LogP contribution is -2.33. The minimum Gasteiger partial charge on any atom is -0.489 e. The molecule has 0 aliphatic rings. The van der Waals surface area contributed by atoms with Gasteiger partial charge < -0.3 is 18.8 Å². The van der Waals surface area contributed by atoms with Crippen molar-refractivity contribution in [3.05, 3.63) is 89.9 Å². The molecule has 27 heavy (non-hydrogen) atoms. The molecule has 0 saturated heterocycles. The molecule has 0 saturated carbocycles. The van der Waals surface area contributed by atoms with Crippen molar-refractivity contribution in [2.75, 3.05) is 20.3 Å². The first-order valence-electron chi connectivity index (χ1n) is 8.83. The summed E-state index contributed by atoms with van der Waals surface area (Å²) >= 11 is 0. The lowest BCUT2D eigenvalue weighted by Gasteiger charge is -2.21. The van der Waals surface area contributed by atoms with Gasteiger partial charge in [-0.15, -0.1) is 0 Å². The smallest absolute Gasteiger partial charge is 0.254 e. The lowest BCUT2D eigenvalue weighted by atomic mass is 10.2. The van der Waals surface area contributed by atoms with E-state index in [1.807, 2.05) is 54.6 Å². The second kappa shape index (κ2) is 9.59. The molecule has 0 aliphatic heterocycles. The fraction of sp³-hybridized carbons (Fsp3) is 0.227. The summed E-state index contributed by atoms with van der Waals surface area (Å²) in [6, 6.07) is 20.8. The fourth-order valence-corrected chi connectivity index (χ4v) is 2.66. The average Bonchev–Trinajstić information content (AvgIpc) is 3.23. The largest absolute Gasteiger partial charge is 0.489 e. The zero-order chi connectivity index (χ0) is 18.9. The molecule has 0 N–H and O–H groups in total. The molecule has 5 nitrogen and oxygen atoms in total. The highest BCUT2D eigenvalue weighted by Crippen LogP contribution is 2.17. The Morgan fingerprint density at radius 3 is 2.44 bits per heavy atom. The molecule has 0 radical (unpaired) electrons. The molecule has 0 unspecified atom stereocenters. The van der Waals surface area contributed by atoms with Crippen LogP contribution in [0.4, 0.5) is 0 Å². The van der Waals surface area contributed by atoms with E-state index in [1.165, 1.54) is 0 Å². The van der Waals surface area contributed by atoms with E-state index < -0.39 is 0 Å². The van der Waals surface area contributed by atoms with E-state index in [2.05, 4.69) is 0 Å². The molecule has 0 atom stereocenters. The van der Waals surface area contributed by atoms with Crippen LogP contribution in [0, 0.1) is 0 Å². The Hall–Kier alpha value is -3.05. The quantitative estimate of drug-likeness (QED) is 0.572. The van der Waals surface area contributed by atoms with Crippen LogP contribution in [0.1, 0.15) is 21.7 Å². The summed E-state index contributed by atoms with van der Waals surface area (Å²) in [5.41, 5.74) is 1.70. The van der Waals surface area contributed by atoms with E-state index in [9.17, 15) is 4.79 Å².